The first kappa shape index (κ1) is 15.2. The molecular weight excluding hydrogens is 301 g/mol. The van der Waals surface area contributed by atoms with Gasteiger partial charge in [-0.3, -0.25) is 9.69 Å². The number of rotatable bonds is 4. The Morgan fingerprint density at radius 3 is 2.57 bits per heavy atom. The molecule has 0 spiro atoms. The highest BCUT2D eigenvalue weighted by Crippen LogP contribution is 2.33. The molecule has 0 bridgehead atoms. The summed E-state index contributed by atoms with van der Waals surface area (Å²) in [6.45, 7) is 3.56. The molecule has 3 rings (SSSR count). The van der Waals surface area contributed by atoms with Crippen LogP contribution < -0.4 is 5.32 Å². The number of urea groups is 1. The molecule has 1 aliphatic rings. The van der Waals surface area contributed by atoms with E-state index in [2.05, 4.69) is 10.5 Å². The van der Waals surface area contributed by atoms with Crippen molar-refractivity contribution < 1.29 is 18.5 Å². The highest BCUT2D eigenvalue weighted by atomic mass is 19.1. The minimum Gasteiger partial charge on any atom is -0.361 e. The standard InChI is InChI=1S/C16H16FN3O3/c1-3-16(11-4-6-12(17)7-5-11)14(21)20(15(22)18-16)9-13-8-10(2)23-19-13/h4-8H,3,9H2,1-2H3,(H,18,22)/t16-/m0/s1. The Morgan fingerprint density at radius 1 is 1.30 bits per heavy atom. The van der Waals surface area contributed by atoms with Gasteiger partial charge in [-0.2, -0.15) is 0 Å². The third-order valence-electron chi connectivity index (χ3n) is 4.04. The molecule has 2 aromatic rings. The predicted octanol–water partition coefficient (Wildman–Crippen LogP) is 2.48. The second-order valence-electron chi connectivity index (χ2n) is 5.52. The summed E-state index contributed by atoms with van der Waals surface area (Å²) < 4.78 is 18.1. The molecule has 1 fully saturated rings. The van der Waals surface area contributed by atoms with Gasteiger partial charge in [-0.15, -0.1) is 0 Å². The van der Waals surface area contributed by atoms with E-state index in [4.69, 9.17) is 4.52 Å². The van der Waals surface area contributed by atoms with Gasteiger partial charge in [0.05, 0.1) is 6.54 Å². The Balaban J connectivity index is 1.93. The molecule has 2 heterocycles. The molecule has 1 aromatic heterocycles. The maximum atomic E-state index is 13.1. The molecule has 23 heavy (non-hydrogen) atoms. The van der Waals surface area contributed by atoms with Crippen molar-refractivity contribution in [3.63, 3.8) is 0 Å². The normalized spacial score (nSPS) is 20.9. The van der Waals surface area contributed by atoms with Crippen molar-refractivity contribution >= 4 is 11.9 Å². The molecule has 1 N–H and O–H groups in total. The first-order valence-electron chi connectivity index (χ1n) is 7.28. The molecule has 3 amide bonds. The summed E-state index contributed by atoms with van der Waals surface area (Å²) in [6, 6.07) is 6.75. The molecule has 0 unspecified atom stereocenters. The third kappa shape index (κ3) is 2.48. The topological polar surface area (TPSA) is 75.4 Å². The first-order valence-corrected chi connectivity index (χ1v) is 7.28. The zero-order valence-electron chi connectivity index (χ0n) is 12.8. The van der Waals surface area contributed by atoms with Gasteiger partial charge < -0.3 is 9.84 Å². The smallest absolute Gasteiger partial charge is 0.325 e. The monoisotopic (exact) mass is 317 g/mol. The highest BCUT2D eigenvalue weighted by molar-refractivity contribution is 6.07. The lowest BCUT2D eigenvalue weighted by Crippen LogP contribution is -2.43. The number of amides is 3. The number of nitrogens with one attached hydrogen (secondary N) is 1. The van der Waals surface area contributed by atoms with Crippen LogP contribution in [0.15, 0.2) is 34.9 Å². The number of aromatic nitrogens is 1. The summed E-state index contributed by atoms with van der Waals surface area (Å²) in [4.78, 5) is 26.2. The van der Waals surface area contributed by atoms with Gasteiger partial charge in [-0.1, -0.05) is 24.2 Å². The number of carbonyl (C=O) groups excluding carboxylic acids is 2. The fourth-order valence-electron chi connectivity index (χ4n) is 2.80. The summed E-state index contributed by atoms with van der Waals surface area (Å²) in [5.41, 5.74) is -0.126. The number of nitrogens with zero attached hydrogens (tertiary/aromatic N) is 2. The van der Waals surface area contributed by atoms with E-state index >= 15 is 0 Å². The van der Waals surface area contributed by atoms with Crippen LogP contribution in [0.25, 0.3) is 0 Å². The lowest BCUT2D eigenvalue weighted by atomic mass is 9.87. The fourth-order valence-corrected chi connectivity index (χ4v) is 2.80. The van der Waals surface area contributed by atoms with Crippen molar-refractivity contribution in [3.05, 3.63) is 53.2 Å². The molecule has 0 radical (unpaired) electrons. The van der Waals surface area contributed by atoms with Crippen LogP contribution in [0.5, 0.6) is 0 Å². The minimum absolute atomic E-state index is 0.0327. The largest absolute Gasteiger partial charge is 0.361 e. The van der Waals surface area contributed by atoms with Gasteiger partial charge in [0, 0.05) is 6.07 Å². The lowest BCUT2D eigenvalue weighted by Gasteiger charge is -2.25. The van der Waals surface area contributed by atoms with E-state index in [1.807, 2.05) is 0 Å². The van der Waals surface area contributed by atoms with Crippen molar-refractivity contribution in [2.24, 2.45) is 0 Å². The summed E-state index contributed by atoms with van der Waals surface area (Å²) in [5, 5.41) is 6.54. The van der Waals surface area contributed by atoms with Crippen LogP contribution in [0.2, 0.25) is 0 Å². The van der Waals surface area contributed by atoms with Crippen LogP contribution in [-0.2, 0) is 16.9 Å². The van der Waals surface area contributed by atoms with Crippen molar-refractivity contribution in [1.29, 1.82) is 0 Å². The van der Waals surface area contributed by atoms with Crippen molar-refractivity contribution in [2.75, 3.05) is 0 Å². The Bertz CT molecular complexity index is 756. The second-order valence-corrected chi connectivity index (χ2v) is 5.52. The van der Waals surface area contributed by atoms with Crippen molar-refractivity contribution in [1.82, 2.24) is 15.4 Å². The Morgan fingerprint density at radius 2 is 2.00 bits per heavy atom. The van der Waals surface area contributed by atoms with E-state index in [1.54, 1.807) is 19.9 Å². The number of benzene rings is 1. The summed E-state index contributed by atoms with van der Waals surface area (Å²) >= 11 is 0. The molecule has 1 aromatic carbocycles. The second kappa shape index (κ2) is 5.49. The molecule has 120 valence electrons. The SMILES string of the molecule is CC[C@@]1(c2ccc(F)cc2)NC(=O)N(Cc2cc(C)on2)C1=O. The zero-order chi connectivity index (χ0) is 16.6. The lowest BCUT2D eigenvalue weighted by molar-refractivity contribution is -0.132. The molecular formula is C16H16FN3O3. The maximum absolute atomic E-state index is 13.1. The number of hydrogen-bond acceptors (Lipinski definition) is 4. The Labute approximate surface area is 132 Å². The number of aryl methyl sites for hydroxylation is 1. The van der Waals surface area contributed by atoms with Crippen LogP contribution in [0, 0.1) is 12.7 Å². The number of hydrogen-bond donors (Lipinski definition) is 1. The van der Waals surface area contributed by atoms with E-state index in [1.165, 1.54) is 24.3 Å². The third-order valence-corrected chi connectivity index (χ3v) is 4.04. The van der Waals surface area contributed by atoms with Crippen molar-refractivity contribution in [3.8, 4) is 0 Å². The number of carbonyl (C=O) groups is 2. The van der Waals surface area contributed by atoms with Crippen LogP contribution in [0.4, 0.5) is 9.18 Å². The molecule has 0 saturated carbocycles. The fraction of sp³-hybridized carbons (Fsp3) is 0.312. The Hall–Kier alpha value is -2.70. The molecule has 1 atom stereocenters. The van der Waals surface area contributed by atoms with Crippen molar-refractivity contribution in [2.45, 2.75) is 32.4 Å². The van der Waals surface area contributed by atoms with Gasteiger partial charge in [0.15, 0.2) is 0 Å². The van der Waals surface area contributed by atoms with Crippen LogP contribution in [0.3, 0.4) is 0 Å². The van der Waals surface area contributed by atoms with E-state index in [0.717, 1.165) is 4.90 Å². The predicted molar refractivity (Wildman–Crippen MR) is 78.7 cm³/mol. The van der Waals surface area contributed by atoms with E-state index in [-0.39, 0.29) is 12.5 Å². The minimum atomic E-state index is -1.18. The summed E-state index contributed by atoms with van der Waals surface area (Å²) in [7, 11) is 0. The molecule has 6 nitrogen and oxygen atoms in total. The van der Waals surface area contributed by atoms with Gasteiger partial charge in [0.1, 0.15) is 22.8 Å². The summed E-state index contributed by atoms with van der Waals surface area (Å²) in [5.74, 6) is -0.170. The van der Waals surface area contributed by atoms with Gasteiger partial charge in [0.2, 0.25) is 0 Å². The highest BCUT2D eigenvalue weighted by Gasteiger charge is 2.51. The molecule has 1 saturated heterocycles. The number of halogens is 1. The van der Waals surface area contributed by atoms with Crippen LogP contribution >= 0.6 is 0 Å². The average molecular weight is 317 g/mol. The van der Waals surface area contributed by atoms with E-state index in [0.29, 0.717) is 23.4 Å². The quantitative estimate of drug-likeness (QED) is 0.879. The van der Waals surface area contributed by atoms with E-state index in [9.17, 15) is 14.0 Å². The van der Waals surface area contributed by atoms with Gasteiger partial charge in [-0.05, 0) is 31.0 Å². The zero-order valence-corrected chi connectivity index (χ0v) is 12.8. The van der Waals surface area contributed by atoms with Gasteiger partial charge >= 0.3 is 6.03 Å². The maximum Gasteiger partial charge on any atom is 0.325 e. The molecule has 1 aliphatic heterocycles. The average Bonchev–Trinajstić information content (AvgIpc) is 3.05. The van der Waals surface area contributed by atoms with Crippen LogP contribution in [-0.4, -0.2) is 22.0 Å². The van der Waals surface area contributed by atoms with Gasteiger partial charge in [0.25, 0.3) is 5.91 Å². The first-order chi connectivity index (χ1) is 11.0. The van der Waals surface area contributed by atoms with Gasteiger partial charge in [-0.25, -0.2) is 9.18 Å². The number of imide groups is 1. The van der Waals surface area contributed by atoms with Crippen LogP contribution in [0.1, 0.15) is 30.4 Å². The molecule has 0 aliphatic carbocycles. The summed E-state index contributed by atoms with van der Waals surface area (Å²) in [6.07, 6.45) is 0.359. The molecule has 7 heteroatoms. The Kier molecular flexibility index (Phi) is 3.63. The van der Waals surface area contributed by atoms with E-state index < -0.39 is 17.4 Å².